The second kappa shape index (κ2) is 11.2. The first-order chi connectivity index (χ1) is 8.24. The molecular weight excluding hydrogens is 234 g/mol. The van der Waals surface area contributed by atoms with Gasteiger partial charge < -0.3 is 18.6 Å². The van der Waals surface area contributed by atoms with Gasteiger partial charge in [-0.05, 0) is 25.9 Å². The highest BCUT2D eigenvalue weighted by molar-refractivity contribution is 6.60. The SMILES string of the molecule is CCCCCO[Si](CCCNCC)(OC)OC. The third-order valence-electron chi connectivity index (χ3n) is 2.78. The van der Waals surface area contributed by atoms with Crippen molar-refractivity contribution in [3.05, 3.63) is 0 Å². The molecule has 1 N–H and O–H groups in total. The number of nitrogens with one attached hydrogen (secondary N) is 1. The maximum absolute atomic E-state index is 5.88. The van der Waals surface area contributed by atoms with Crippen LogP contribution in [0, 0.1) is 0 Å². The molecule has 0 aromatic heterocycles. The first kappa shape index (κ1) is 17.1. The van der Waals surface area contributed by atoms with E-state index in [4.69, 9.17) is 13.3 Å². The molecule has 0 spiro atoms. The average molecular weight is 263 g/mol. The molecule has 0 saturated carbocycles. The zero-order valence-corrected chi connectivity index (χ0v) is 12.9. The molecule has 0 aromatic rings. The second-order valence-corrected chi connectivity index (χ2v) is 7.08. The van der Waals surface area contributed by atoms with Crippen molar-refractivity contribution in [3.63, 3.8) is 0 Å². The second-order valence-electron chi connectivity index (χ2n) is 4.10. The molecule has 0 aromatic carbocycles. The van der Waals surface area contributed by atoms with Gasteiger partial charge in [-0.15, -0.1) is 0 Å². The van der Waals surface area contributed by atoms with Gasteiger partial charge in [-0.25, -0.2) is 0 Å². The van der Waals surface area contributed by atoms with Gasteiger partial charge in [0.25, 0.3) is 0 Å². The minimum absolute atomic E-state index is 0.753. The Morgan fingerprint density at radius 1 is 1.00 bits per heavy atom. The Bertz CT molecular complexity index is 152. The molecule has 0 saturated heterocycles. The molecule has 0 atom stereocenters. The fourth-order valence-electron chi connectivity index (χ4n) is 1.66. The van der Waals surface area contributed by atoms with Crippen molar-refractivity contribution in [1.82, 2.24) is 5.32 Å². The summed E-state index contributed by atoms with van der Waals surface area (Å²) in [6.07, 6.45) is 4.54. The Morgan fingerprint density at radius 3 is 2.24 bits per heavy atom. The summed E-state index contributed by atoms with van der Waals surface area (Å²) in [4.78, 5) is 0. The van der Waals surface area contributed by atoms with Gasteiger partial charge in [0.2, 0.25) is 0 Å². The Kier molecular flexibility index (Phi) is 11.2. The molecule has 0 radical (unpaired) electrons. The normalized spacial score (nSPS) is 12.0. The maximum Gasteiger partial charge on any atom is 0.500 e. The van der Waals surface area contributed by atoms with Crippen LogP contribution in [-0.4, -0.2) is 42.7 Å². The molecule has 4 nitrogen and oxygen atoms in total. The predicted octanol–water partition coefficient (Wildman–Crippen LogP) is 2.42. The molecule has 0 aliphatic rings. The average Bonchev–Trinajstić information content (AvgIpc) is 2.37. The van der Waals surface area contributed by atoms with Crippen molar-refractivity contribution in [2.75, 3.05) is 33.9 Å². The van der Waals surface area contributed by atoms with E-state index in [0.717, 1.165) is 38.6 Å². The molecule has 5 heteroatoms. The Balaban J connectivity index is 3.88. The molecule has 0 bridgehead atoms. The lowest BCUT2D eigenvalue weighted by Crippen LogP contribution is -2.44. The molecular formula is C12H29NO3Si. The molecule has 0 amide bonds. The number of hydrogen-bond acceptors (Lipinski definition) is 4. The van der Waals surface area contributed by atoms with Gasteiger partial charge in [-0.3, -0.25) is 0 Å². The summed E-state index contributed by atoms with van der Waals surface area (Å²) in [5.74, 6) is 0. The lowest BCUT2D eigenvalue weighted by Gasteiger charge is -2.26. The van der Waals surface area contributed by atoms with E-state index >= 15 is 0 Å². The van der Waals surface area contributed by atoms with E-state index in [0.29, 0.717) is 0 Å². The third kappa shape index (κ3) is 7.89. The van der Waals surface area contributed by atoms with Gasteiger partial charge in [0.1, 0.15) is 0 Å². The van der Waals surface area contributed by atoms with Crippen LogP contribution in [0.2, 0.25) is 6.04 Å². The van der Waals surface area contributed by atoms with Gasteiger partial charge in [0.05, 0.1) is 0 Å². The fraction of sp³-hybridized carbons (Fsp3) is 1.00. The standard InChI is InChI=1S/C12H29NO3Si/c1-5-7-8-11-16-17(14-3,15-4)12-9-10-13-6-2/h13H,5-12H2,1-4H3. The fourth-order valence-corrected chi connectivity index (χ4v) is 3.68. The highest BCUT2D eigenvalue weighted by Gasteiger charge is 2.37. The van der Waals surface area contributed by atoms with Crippen molar-refractivity contribution in [2.45, 2.75) is 45.6 Å². The van der Waals surface area contributed by atoms with E-state index in [-0.39, 0.29) is 0 Å². The van der Waals surface area contributed by atoms with E-state index in [9.17, 15) is 0 Å². The summed E-state index contributed by atoms with van der Waals surface area (Å²) in [6.45, 7) is 7.05. The van der Waals surface area contributed by atoms with Crippen LogP contribution in [0.5, 0.6) is 0 Å². The monoisotopic (exact) mass is 263 g/mol. The zero-order valence-electron chi connectivity index (χ0n) is 11.9. The molecule has 0 fully saturated rings. The van der Waals surface area contributed by atoms with Crippen LogP contribution in [0.3, 0.4) is 0 Å². The molecule has 0 heterocycles. The van der Waals surface area contributed by atoms with E-state index in [1.165, 1.54) is 12.8 Å². The topological polar surface area (TPSA) is 39.7 Å². The van der Waals surface area contributed by atoms with Gasteiger partial charge in [-0.2, -0.15) is 0 Å². The van der Waals surface area contributed by atoms with Gasteiger partial charge in [0.15, 0.2) is 0 Å². The highest BCUT2D eigenvalue weighted by atomic mass is 28.4. The van der Waals surface area contributed by atoms with Crippen LogP contribution in [0.4, 0.5) is 0 Å². The van der Waals surface area contributed by atoms with Crippen LogP contribution in [-0.2, 0) is 13.3 Å². The van der Waals surface area contributed by atoms with Crippen LogP contribution < -0.4 is 5.32 Å². The van der Waals surface area contributed by atoms with Crippen molar-refractivity contribution < 1.29 is 13.3 Å². The van der Waals surface area contributed by atoms with Crippen molar-refractivity contribution in [3.8, 4) is 0 Å². The lowest BCUT2D eigenvalue weighted by atomic mass is 10.3. The first-order valence-corrected chi connectivity index (χ1v) is 8.62. The van der Waals surface area contributed by atoms with Crippen LogP contribution >= 0.6 is 0 Å². The van der Waals surface area contributed by atoms with E-state index < -0.39 is 8.80 Å². The summed E-state index contributed by atoms with van der Waals surface area (Å²) < 4.78 is 16.9. The van der Waals surface area contributed by atoms with E-state index in [1.54, 1.807) is 14.2 Å². The van der Waals surface area contributed by atoms with Crippen molar-refractivity contribution in [1.29, 1.82) is 0 Å². The molecule has 0 unspecified atom stereocenters. The largest absolute Gasteiger partial charge is 0.500 e. The maximum atomic E-state index is 5.88. The molecule has 0 aliphatic heterocycles. The number of hydrogen-bond donors (Lipinski definition) is 1. The summed E-state index contributed by atoms with van der Waals surface area (Å²) >= 11 is 0. The van der Waals surface area contributed by atoms with Crippen LogP contribution in [0.15, 0.2) is 0 Å². The molecule has 0 rings (SSSR count). The third-order valence-corrected chi connectivity index (χ3v) is 5.63. The van der Waals surface area contributed by atoms with Crippen LogP contribution in [0.25, 0.3) is 0 Å². The minimum Gasteiger partial charge on any atom is -0.377 e. The van der Waals surface area contributed by atoms with Gasteiger partial charge in [0, 0.05) is 26.9 Å². The zero-order chi connectivity index (χ0) is 13.0. The van der Waals surface area contributed by atoms with Gasteiger partial charge >= 0.3 is 8.80 Å². The van der Waals surface area contributed by atoms with Crippen LogP contribution in [0.1, 0.15) is 39.5 Å². The molecule has 17 heavy (non-hydrogen) atoms. The Morgan fingerprint density at radius 2 is 1.71 bits per heavy atom. The summed E-state index contributed by atoms with van der Waals surface area (Å²) in [5.41, 5.74) is 0. The number of rotatable bonds is 12. The molecule has 104 valence electrons. The number of unbranched alkanes of at least 4 members (excludes halogenated alkanes) is 2. The lowest BCUT2D eigenvalue weighted by molar-refractivity contribution is 0.0959. The first-order valence-electron chi connectivity index (χ1n) is 6.69. The highest BCUT2D eigenvalue weighted by Crippen LogP contribution is 2.16. The molecule has 0 aliphatic carbocycles. The minimum atomic E-state index is -2.38. The Labute approximate surface area is 107 Å². The van der Waals surface area contributed by atoms with E-state index in [1.807, 2.05) is 0 Å². The summed E-state index contributed by atoms with van der Waals surface area (Å²) in [6, 6.07) is 0.888. The summed E-state index contributed by atoms with van der Waals surface area (Å²) in [7, 11) is 1.01. The smallest absolute Gasteiger partial charge is 0.377 e. The van der Waals surface area contributed by atoms with Crippen molar-refractivity contribution in [2.24, 2.45) is 0 Å². The summed E-state index contributed by atoms with van der Waals surface area (Å²) in [5, 5.41) is 3.30. The predicted molar refractivity (Wildman–Crippen MR) is 73.2 cm³/mol. The van der Waals surface area contributed by atoms with E-state index in [2.05, 4.69) is 19.2 Å². The van der Waals surface area contributed by atoms with Crippen molar-refractivity contribution >= 4 is 8.80 Å². The Hall–Kier alpha value is 0.0569. The quantitative estimate of drug-likeness (QED) is 0.434. The van der Waals surface area contributed by atoms with Gasteiger partial charge in [-0.1, -0.05) is 26.7 Å².